The number of benzene rings is 1. The fourth-order valence-electron chi connectivity index (χ4n) is 1.28. The van der Waals surface area contributed by atoms with Crippen LogP contribution in [0.5, 0.6) is 5.75 Å². The molecule has 5 heteroatoms. The highest BCUT2D eigenvalue weighted by molar-refractivity contribution is 6.48. The number of carbonyl (C=O) groups is 1. The smallest absolute Gasteiger partial charge is 0.180 e. The second kappa shape index (κ2) is 4.73. The zero-order valence-corrected chi connectivity index (χ0v) is 10.0. The van der Waals surface area contributed by atoms with Crippen LogP contribution in [-0.4, -0.2) is 16.6 Å². The van der Waals surface area contributed by atoms with Crippen molar-refractivity contribution >= 4 is 40.4 Å². The van der Waals surface area contributed by atoms with Gasteiger partial charge in [0.25, 0.3) is 0 Å². The molecule has 1 aromatic rings. The van der Waals surface area contributed by atoms with Crippen LogP contribution in [0.25, 0.3) is 0 Å². The van der Waals surface area contributed by atoms with Crippen molar-refractivity contribution in [1.29, 1.82) is 0 Å². The van der Waals surface area contributed by atoms with Crippen LogP contribution in [0, 0.1) is 0 Å². The molecule has 0 saturated heterocycles. The highest BCUT2D eigenvalue weighted by atomic mass is 35.5. The highest BCUT2D eigenvalue weighted by Crippen LogP contribution is 2.28. The minimum atomic E-state index is -0.169. The van der Waals surface area contributed by atoms with Crippen LogP contribution < -0.4 is 0 Å². The molecule has 0 saturated carbocycles. The lowest BCUT2D eigenvalue weighted by Gasteiger charge is -2.04. The Morgan fingerprint density at radius 2 is 1.94 bits per heavy atom. The quantitative estimate of drug-likeness (QED) is 0.794. The molecule has 0 aromatic heterocycles. The lowest BCUT2D eigenvalue weighted by Crippen LogP contribution is -2.03. The SMILES string of the molecule is O=C1C=CC(=Nc2ccc(O)c(Cl)c2)C(Cl)=C1. The van der Waals surface area contributed by atoms with Gasteiger partial charge < -0.3 is 5.11 Å². The first-order valence-corrected chi connectivity index (χ1v) is 5.48. The first-order chi connectivity index (χ1) is 8.06. The van der Waals surface area contributed by atoms with Gasteiger partial charge in [0.15, 0.2) is 5.78 Å². The van der Waals surface area contributed by atoms with Crippen molar-refractivity contribution in [2.75, 3.05) is 0 Å². The van der Waals surface area contributed by atoms with E-state index >= 15 is 0 Å². The standard InChI is InChI=1S/C12H7Cl2NO2/c13-9-6-8(16)2-3-11(9)15-7-1-4-12(17)10(14)5-7/h1-6,17H. The molecule has 3 nitrogen and oxygen atoms in total. The summed E-state index contributed by atoms with van der Waals surface area (Å²) in [5.41, 5.74) is 1.03. The predicted molar refractivity (Wildman–Crippen MR) is 68.3 cm³/mol. The molecule has 0 heterocycles. The van der Waals surface area contributed by atoms with E-state index < -0.39 is 0 Å². The van der Waals surface area contributed by atoms with Crippen molar-refractivity contribution in [1.82, 2.24) is 0 Å². The predicted octanol–water partition coefficient (Wildman–Crippen LogP) is 3.38. The highest BCUT2D eigenvalue weighted by Gasteiger charge is 2.09. The van der Waals surface area contributed by atoms with Gasteiger partial charge in [0.2, 0.25) is 0 Å². The van der Waals surface area contributed by atoms with Crippen LogP contribution in [0.3, 0.4) is 0 Å². The molecule has 0 spiro atoms. The number of halogens is 2. The molecular weight excluding hydrogens is 261 g/mol. The molecule has 1 aromatic carbocycles. The molecule has 0 amide bonds. The third-order valence-electron chi connectivity index (χ3n) is 2.10. The van der Waals surface area contributed by atoms with Crippen molar-refractivity contribution in [3.8, 4) is 5.75 Å². The Balaban J connectivity index is 2.37. The number of rotatable bonds is 1. The van der Waals surface area contributed by atoms with E-state index in [-0.39, 0.29) is 21.6 Å². The molecular formula is C12H7Cl2NO2. The normalized spacial score (nSPS) is 17.4. The minimum absolute atomic E-state index is 0.00776. The molecule has 0 unspecified atom stereocenters. The number of hydrogen-bond acceptors (Lipinski definition) is 3. The van der Waals surface area contributed by atoms with Gasteiger partial charge >= 0.3 is 0 Å². The maximum atomic E-state index is 11.0. The number of hydrogen-bond donors (Lipinski definition) is 1. The van der Waals surface area contributed by atoms with Crippen molar-refractivity contribution in [2.45, 2.75) is 0 Å². The molecule has 1 aliphatic rings. The summed E-state index contributed by atoms with van der Waals surface area (Å²) in [6, 6.07) is 4.55. The third kappa shape index (κ3) is 2.75. The second-order valence-corrected chi connectivity index (χ2v) is 4.18. The van der Waals surface area contributed by atoms with Gasteiger partial charge in [-0.15, -0.1) is 0 Å². The largest absolute Gasteiger partial charge is 0.506 e. The van der Waals surface area contributed by atoms with Crippen molar-refractivity contribution in [2.24, 2.45) is 4.99 Å². The van der Waals surface area contributed by atoms with Gasteiger partial charge in [0.1, 0.15) is 5.75 Å². The van der Waals surface area contributed by atoms with Gasteiger partial charge in [-0.3, -0.25) is 4.79 Å². The minimum Gasteiger partial charge on any atom is -0.506 e. The van der Waals surface area contributed by atoms with E-state index in [4.69, 9.17) is 23.2 Å². The second-order valence-electron chi connectivity index (χ2n) is 3.36. The summed E-state index contributed by atoms with van der Waals surface area (Å²) in [5, 5.41) is 9.75. The van der Waals surface area contributed by atoms with E-state index in [0.717, 1.165) is 0 Å². The summed E-state index contributed by atoms with van der Waals surface area (Å²) < 4.78 is 0. The molecule has 17 heavy (non-hydrogen) atoms. The van der Waals surface area contributed by atoms with Gasteiger partial charge in [-0.2, -0.15) is 0 Å². The van der Waals surface area contributed by atoms with Crippen LogP contribution in [0.15, 0.2) is 46.5 Å². The van der Waals surface area contributed by atoms with Crippen molar-refractivity contribution < 1.29 is 9.90 Å². The zero-order chi connectivity index (χ0) is 12.4. The number of aliphatic imine (C=N–C) groups is 1. The molecule has 2 rings (SSSR count). The van der Waals surface area contributed by atoms with E-state index in [1.165, 1.54) is 30.4 Å². The Morgan fingerprint density at radius 1 is 1.18 bits per heavy atom. The van der Waals surface area contributed by atoms with Gasteiger partial charge in [0, 0.05) is 6.08 Å². The van der Waals surface area contributed by atoms with Crippen LogP contribution >= 0.6 is 23.2 Å². The molecule has 0 atom stereocenters. The van der Waals surface area contributed by atoms with Gasteiger partial charge in [0.05, 0.1) is 21.5 Å². The van der Waals surface area contributed by atoms with Gasteiger partial charge in [-0.05, 0) is 30.4 Å². The van der Waals surface area contributed by atoms with Crippen LogP contribution in [0.1, 0.15) is 0 Å². The number of carbonyl (C=O) groups excluding carboxylic acids is 1. The van der Waals surface area contributed by atoms with Gasteiger partial charge in [-0.25, -0.2) is 4.99 Å². The molecule has 0 fully saturated rings. The number of aromatic hydroxyl groups is 1. The zero-order valence-electron chi connectivity index (χ0n) is 8.52. The first kappa shape index (κ1) is 11.9. The number of nitrogens with zero attached hydrogens (tertiary/aromatic N) is 1. The summed E-state index contributed by atoms with van der Waals surface area (Å²) in [6.45, 7) is 0. The molecule has 0 aliphatic heterocycles. The van der Waals surface area contributed by atoms with E-state index in [1.807, 2.05) is 0 Å². The fraction of sp³-hybridized carbons (Fsp3) is 0. The Morgan fingerprint density at radius 3 is 2.59 bits per heavy atom. The van der Waals surface area contributed by atoms with Crippen LogP contribution in [0.4, 0.5) is 5.69 Å². The molecule has 86 valence electrons. The monoisotopic (exact) mass is 267 g/mol. The Bertz CT molecular complexity index is 574. The first-order valence-electron chi connectivity index (χ1n) is 4.73. The molecule has 1 N–H and O–H groups in total. The number of ketones is 1. The van der Waals surface area contributed by atoms with E-state index in [0.29, 0.717) is 11.4 Å². The van der Waals surface area contributed by atoms with Crippen LogP contribution in [0.2, 0.25) is 5.02 Å². The fourth-order valence-corrected chi connectivity index (χ4v) is 1.67. The summed E-state index contributed by atoms with van der Waals surface area (Å²) in [5.74, 6) is -0.177. The van der Waals surface area contributed by atoms with Crippen molar-refractivity contribution in [3.05, 3.63) is 46.5 Å². The molecule has 1 aliphatic carbocycles. The number of phenols is 1. The maximum Gasteiger partial charge on any atom is 0.180 e. The van der Waals surface area contributed by atoms with Crippen LogP contribution in [-0.2, 0) is 4.79 Å². The molecule has 0 radical (unpaired) electrons. The lowest BCUT2D eigenvalue weighted by molar-refractivity contribution is -0.110. The average molecular weight is 268 g/mol. The van der Waals surface area contributed by atoms with Crippen molar-refractivity contribution in [3.63, 3.8) is 0 Å². The van der Waals surface area contributed by atoms with E-state index in [1.54, 1.807) is 6.07 Å². The van der Waals surface area contributed by atoms with Gasteiger partial charge in [-0.1, -0.05) is 23.2 Å². The Kier molecular flexibility index (Phi) is 3.31. The van der Waals surface area contributed by atoms with E-state index in [9.17, 15) is 9.90 Å². The summed E-state index contributed by atoms with van der Waals surface area (Å²) >= 11 is 11.6. The van der Waals surface area contributed by atoms with E-state index in [2.05, 4.69) is 4.99 Å². The Hall–Kier alpha value is -1.58. The average Bonchev–Trinajstić information content (AvgIpc) is 2.27. The summed E-state index contributed by atoms with van der Waals surface area (Å²) in [6.07, 6.45) is 4.21. The Labute approximate surface area is 108 Å². The number of phenolic OH excluding ortho intramolecular Hbond substituents is 1. The summed E-state index contributed by atoms with van der Waals surface area (Å²) in [4.78, 5) is 15.2. The molecule has 0 bridgehead atoms. The maximum absolute atomic E-state index is 11.0. The lowest BCUT2D eigenvalue weighted by atomic mass is 10.1. The summed E-state index contributed by atoms with van der Waals surface area (Å²) in [7, 11) is 0. The topological polar surface area (TPSA) is 49.7 Å². The third-order valence-corrected chi connectivity index (χ3v) is 2.71. The number of allylic oxidation sites excluding steroid dienone is 4.